The number of hydrogen-bond donors (Lipinski definition) is 1. The third-order valence-corrected chi connectivity index (χ3v) is 2.94. The maximum Gasteiger partial charge on any atom is 0.231 e. The standard InChI is InChI=1S/C11H19N3O2/c1-8(15)6-10-12-11(16-13-10)9-4-3-5-14(2)7-9/h8-9,15H,3-7H2,1-2H3. The topological polar surface area (TPSA) is 62.4 Å². The molecule has 2 rings (SSSR count). The maximum atomic E-state index is 9.24. The molecule has 0 aromatic carbocycles. The monoisotopic (exact) mass is 225 g/mol. The second-order valence-corrected chi connectivity index (χ2v) is 4.70. The molecule has 2 atom stereocenters. The average Bonchev–Trinajstić information content (AvgIpc) is 2.65. The van der Waals surface area contributed by atoms with Crippen molar-refractivity contribution in [1.29, 1.82) is 0 Å². The largest absolute Gasteiger partial charge is 0.393 e. The Labute approximate surface area is 95.4 Å². The number of nitrogens with zero attached hydrogens (tertiary/aromatic N) is 3. The molecule has 2 unspecified atom stereocenters. The number of aliphatic hydroxyl groups is 1. The molecule has 1 aromatic rings. The van der Waals surface area contributed by atoms with Crippen molar-refractivity contribution in [3.8, 4) is 0 Å². The second-order valence-electron chi connectivity index (χ2n) is 4.70. The molecule has 0 aliphatic carbocycles. The van der Waals surface area contributed by atoms with Crippen LogP contribution in [0.5, 0.6) is 0 Å². The van der Waals surface area contributed by atoms with E-state index >= 15 is 0 Å². The van der Waals surface area contributed by atoms with E-state index in [0.717, 1.165) is 25.4 Å². The molecule has 0 radical (unpaired) electrons. The van der Waals surface area contributed by atoms with Crippen molar-refractivity contribution in [3.63, 3.8) is 0 Å². The van der Waals surface area contributed by atoms with E-state index in [1.807, 2.05) is 0 Å². The van der Waals surface area contributed by atoms with Crippen molar-refractivity contribution in [2.45, 2.75) is 38.2 Å². The molecule has 1 fully saturated rings. The Kier molecular flexibility index (Phi) is 3.56. The van der Waals surface area contributed by atoms with Crippen LogP contribution in [0, 0.1) is 0 Å². The van der Waals surface area contributed by atoms with Gasteiger partial charge in [-0.3, -0.25) is 0 Å². The zero-order valence-electron chi connectivity index (χ0n) is 9.89. The molecule has 16 heavy (non-hydrogen) atoms. The van der Waals surface area contributed by atoms with Crippen molar-refractivity contribution in [3.05, 3.63) is 11.7 Å². The van der Waals surface area contributed by atoms with E-state index in [4.69, 9.17) is 4.52 Å². The van der Waals surface area contributed by atoms with Gasteiger partial charge in [0.1, 0.15) is 0 Å². The van der Waals surface area contributed by atoms with Gasteiger partial charge in [0.25, 0.3) is 0 Å². The number of hydrogen-bond acceptors (Lipinski definition) is 5. The molecule has 0 amide bonds. The summed E-state index contributed by atoms with van der Waals surface area (Å²) < 4.78 is 5.25. The van der Waals surface area contributed by atoms with E-state index in [1.165, 1.54) is 6.42 Å². The second kappa shape index (κ2) is 4.93. The number of aliphatic hydroxyl groups excluding tert-OH is 1. The summed E-state index contributed by atoms with van der Waals surface area (Å²) in [6.07, 6.45) is 2.33. The Hall–Kier alpha value is -0.940. The van der Waals surface area contributed by atoms with E-state index in [-0.39, 0.29) is 0 Å². The lowest BCUT2D eigenvalue weighted by Gasteiger charge is -2.27. The fraction of sp³-hybridized carbons (Fsp3) is 0.818. The normalized spacial score (nSPS) is 24.6. The summed E-state index contributed by atoms with van der Waals surface area (Å²) in [5, 5.41) is 13.1. The predicted octanol–water partition coefficient (Wildman–Crippen LogP) is 0.802. The van der Waals surface area contributed by atoms with Gasteiger partial charge in [-0.2, -0.15) is 4.98 Å². The summed E-state index contributed by atoms with van der Waals surface area (Å²) in [5.74, 6) is 1.69. The minimum absolute atomic E-state index is 0.356. The highest BCUT2D eigenvalue weighted by atomic mass is 16.5. The number of aromatic nitrogens is 2. The number of likely N-dealkylation sites (N-methyl/N-ethyl adjacent to an activating group) is 1. The highest BCUT2D eigenvalue weighted by molar-refractivity contribution is 4.97. The van der Waals surface area contributed by atoms with E-state index in [9.17, 15) is 5.11 Å². The van der Waals surface area contributed by atoms with Crippen molar-refractivity contribution >= 4 is 0 Å². The number of rotatable bonds is 3. The van der Waals surface area contributed by atoms with Crippen molar-refractivity contribution in [1.82, 2.24) is 15.0 Å². The van der Waals surface area contributed by atoms with Crippen LogP contribution in [0.3, 0.4) is 0 Å². The van der Waals surface area contributed by atoms with E-state index in [2.05, 4.69) is 22.1 Å². The fourth-order valence-corrected chi connectivity index (χ4v) is 2.15. The van der Waals surface area contributed by atoms with Crippen molar-refractivity contribution in [2.24, 2.45) is 0 Å². The maximum absolute atomic E-state index is 9.24. The van der Waals surface area contributed by atoms with Gasteiger partial charge in [0.15, 0.2) is 5.82 Å². The Morgan fingerprint density at radius 1 is 1.62 bits per heavy atom. The Morgan fingerprint density at radius 3 is 3.12 bits per heavy atom. The summed E-state index contributed by atoms with van der Waals surface area (Å²) in [7, 11) is 2.11. The first-order valence-electron chi connectivity index (χ1n) is 5.84. The first kappa shape index (κ1) is 11.5. The van der Waals surface area contributed by atoms with Gasteiger partial charge in [-0.15, -0.1) is 0 Å². The van der Waals surface area contributed by atoms with Gasteiger partial charge in [0.05, 0.1) is 12.0 Å². The van der Waals surface area contributed by atoms with Crippen LogP contribution in [0.4, 0.5) is 0 Å². The van der Waals surface area contributed by atoms with Gasteiger partial charge in [-0.1, -0.05) is 5.16 Å². The first-order chi connectivity index (χ1) is 7.65. The summed E-state index contributed by atoms with van der Waals surface area (Å²) >= 11 is 0. The molecule has 0 bridgehead atoms. The van der Waals surface area contributed by atoms with Gasteiger partial charge < -0.3 is 14.5 Å². The van der Waals surface area contributed by atoms with Crippen molar-refractivity contribution < 1.29 is 9.63 Å². The molecule has 1 aromatic heterocycles. The van der Waals surface area contributed by atoms with Gasteiger partial charge in [0.2, 0.25) is 5.89 Å². The Bertz CT molecular complexity index is 338. The molecule has 2 heterocycles. The molecule has 1 aliphatic rings. The van der Waals surface area contributed by atoms with Crippen LogP contribution in [0.15, 0.2) is 4.52 Å². The molecular formula is C11H19N3O2. The van der Waals surface area contributed by atoms with Gasteiger partial charge in [-0.05, 0) is 33.4 Å². The number of likely N-dealkylation sites (tertiary alicyclic amines) is 1. The highest BCUT2D eigenvalue weighted by Crippen LogP contribution is 2.24. The Balaban J connectivity index is 2.00. The van der Waals surface area contributed by atoms with Crippen LogP contribution in [-0.4, -0.2) is 46.4 Å². The van der Waals surface area contributed by atoms with Crippen LogP contribution in [0.1, 0.15) is 37.4 Å². The summed E-state index contributed by atoms with van der Waals surface area (Å²) in [6, 6.07) is 0. The highest BCUT2D eigenvalue weighted by Gasteiger charge is 2.24. The van der Waals surface area contributed by atoms with Crippen LogP contribution >= 0.6 is 0 Å². The molecule has 1 N–H and O–H groups in total. The molecule has 90 valence electrons. The van der Waals surface area contributed by atoms with E-state index in [1.54, 1.807) is 6.92 Å². The van der Waals surface area contributed by atoms with Crippen LogP contribution in [0.25, 0.3) is 0 Å². The van der Waals surface area contributed by atoms with Crippen molar-refractivity contribution in [2.75, 3.05) is 20.1 Å². The lowest BCUT2D eigenvalue weighted by Crippen LogP contribution is -2.30. The molecule has 1 saturated heterocycles. The van der Waals surface area contributed by atoms with Crippen LogP contribution in [0.2, 0.25) is 0 Å². The zero-order valence-corrected chi connectivity index (χ0v) is 9.89. The molecule has 5 heteroatoms. The smallest absolute Gasteiger partial charge is 0.231 e. The summed E-state index contributed by atoms with van der Waals surface area (Å²) in [4.78, 5) is 6.63. The molecule has 0 spiro atoms. The fourth-order valence-electron chi connectivity index (χ4n) is 2.15. The van der Waals surface area contributed by atoms with E-state index < -0.39 is 6.10 Å². The number of piperidine rings is 1. The predicted molar refractivity (Wildman–Crippen MR) is 59.2 cm³/mol. The van der Waals surface area contributed by atoms with Gasteiger partial charge >= 0.3 is 0 Å². The van der Waals surface area contributed by atoms with E-state index in [0.29, 0.717) is 18.2 Å². The average molecular weight is 225 g/mol. The molecule has 1 aliphatic heterocycles. The van der Waals surface area contributed by atoms with Gasteiger partial charge in [0, 0.05) is 13.0 Å². The third-order valence-electron chi connectivity index (χ3n) is 2.94. The minimum atomic E-state index is -0.417. The van der Waals surface area contributed by atoms with Crippen LogP contribution in [-0.2, 0) is 6.42 Å². The third kappa shape index (κ3) is 2.80. The lowest BCUT2D eigenvalue weighted by atomic mass is 9.98. The summed E-state index contributed by atoms with van der Waals surface area (Å²) in [5.41, 5.74) is 0. The SMILES string of the molecule is CC(O)Cc1noc(C2CCCN(C)C2)n1. The molecule has 0 saturated carbocycles. The van der Waals surface area contributed by atoms with Crippen LogP contribution < -0.4 is 0 Å². The Morgan fingerprint density at radius 2 is 2.44 bits per heavy atom. The quantitative estimate of drug-likeness (QED) is 0.824. The molecular weight excluding hydrogens is 206 g/mol. The minimum Gasteiger partial charge on any atom is -0.393 e. The summed E-state index contributed by atoms with van der Waals surface area (Å²) in [6.45, 7) is 3.85. The molecule has 5 nitrogen and oxygen atoms in total. The lowest BCUT2D eigenvalue weighted by molar-refractivity contribution is 0.191. The van der Waals surface area contributed by atoms with Gasteiger partial charge in [-0.25, -0.2) is 0 Å². The first-order valence-corrected chi connectivity index (χ1v) is 5.84. The zero-order chi connectivity index (χ0) is 11.5.